The van der Waals surface area contributed by atoms with Crippen LogP contribution in [0.3, 0.4) is 0 Å². The van der Waals surface area contributed by atoms with Crippen LogP contribution in [-0.4, -0.2) is 27.3 Å². The van der Waals surface area contributed by atoms with E-state index in [4.69, 9.17) is 4.74 Å². The summed E-state index contributed by atoms with van der Waals surface area (Å²) in [6.45, 7) is 2.25. The minimum atomic E-state index is -0.364. The number of anilines is 1. The van der Waals surface area contributed by atoms with Gasteiger partial charge in [-0.25, -0.2) is 9.07 Å². The smallest absolute Gasteiger partial charge is 0.336 e. The fraction of sp³-hybridized carbons (Fsp3) is 0.0800. The maximum Gasteiger partial charge on any atom is 0.336 e. The van der Waals surface area contributed by atoms with E-state index in [1.807, 2.05) is 37.3 Å². The normalized spacial score (nSPS) is 10.9. The van der Waals surface area contributed by atoms with E-state index in [1.54, 1.807) is 47.2 Å². The molecule has 4 rings (SSSR count). The van der Waals surface area contributed by atoms with Crippen LogP contribution in [-0.2, 0) is 4.79 Å². The van der Waals surface area contributed by atoms with Crippen LogP contribution < -0.4 is 10.1 Å². The highest BCUT2D eigenvalue weighted by Crippen LogP contribution is 2.25. The lowest BCUT2D eigenvalue weighted by Crippen LogP contribution is -2.08. The van der Waals surface area contributed by atoms with Gasteiger partial charge < -0.3 is 10.1 Å². The van der Waals surface area contributed by atoms with Crippen molar-refractivity contribution in [2.24, 2.45) is 0 Å². The molecule has 3 aromatic carbocycles. The first kappa shape index (κ1) is 21.0. The molecule has 1 N–H and O–H groups in total. The van der Waals surface area contributed by atoms with Gasteiger partial charge in [0, 0.05) is 17.3 Å². The van der Waals surface area contributed by atoms with Gasteiger partial charge in [-0.15, -0.1) is 5.10 Å². The maximum atomic E-state index is 13.8. The second-order valence-corrected chi connectivity index (χ2v) is 6.85. The fourth-order valence-corrected chi connectivity index (χ4v) is 3.08. The first-order chi connectivity index (χ1) is 15.6. The third-order valence-corrected chi connectivity index (χ3v) is 4.55. The predicted octanol–water partition coefficient (Wildman–Crippen LogP) is 5.12. The molecule has 6 nitrogen and oxygen atoms in total. The van der Waals surface area contributed by atoms with E-state index in [0.717, 1.165) is 5.56 Å². The van der Waals surface area contributed by atoms with Crippen LogP contribution in [0.1, 0.15) is 12.5 Å². The quantitative estimate of drug-likeness (QED) is 0.415. The van der Waals surface area contributed by atoms with Gasteiger partial charge in [-0.05, 0) is 55.0 Å². The van der Waals surface area contributed by atoms with Crippen LogP contribution in [0.2, 0.25) is 0 Å². The number of benzene rings is 3. The number of carbonyl (C=O) groups excluding carboxylic acids is 1. The molecule has 1 heterocycles. The van der Waals surface area contributed by atoms with Crippen LogP contribution in [0.5, 0.6) is 6.01 Å². The molecule has 32 heavy (non-hydrogen) atoms. The van der Waals surface area contributed by atoms with Crippen LogP contribution in [0.15, 0.2) is 84.9 Å². The molecule has 0 saturated heterocycles. The molecule has 0 unspecified atom stereocenters. The van der Waals surface area contributed by atoms with Crippen LogP contribution >= 0.6 is 0 Å². The minimum absolute atomic E-state index is 0.204. The van der Waals surface area contributed by atoms with E-state index in [2.05, 4.69) is 15.4 Å². The number of aromatic nitrogens is 3. The summed E-state index contributed by atoms with van der Waals surface area (Å²) < 4.78 is 20.8. The lowest BCUT2D eigenvalue weighted by Gasteiger charge is -2.08. The molecule has 0 aliphatic rings. The zero-order chi connectivity index (χ0) is 22.3. The Hall–Kier alpha value is -4.26. The average molecular weight is 428 g/mol. The Kier molecular flexibility index (Phi) is 6.36. The van der Waals surface area contributed by atoms with Crippen molar-refractivity contribution >= 4 is 17.7 Å². The first-order valence-electron chi connectivity index (χ1n) is 10.1. The standard InChI is InChI=1S/C25H21FN4O2/c1-2-32-25-28-24(19-9-6-10-20(26)17-19)30(29-25)22-14-12-21(13-15-22)27-23(31)16-11-18-7-4-3-5-8-18/h3-17H,2H2,1H3,(H,27,31)/b16-11+. The van der Waals surface area contributed by atoms with E-state index >= 15 is 0 Å². The Morgan fingerprint density at radius 1 is 1.06 bits per heavy atom. The molecular formula is C25H21FN4O2. The molecule has 7 heteroatoms. The molecule has 0 saturated carbocycles. The summed E-state index contributed by atoms with van der Waals surface area (Å²) in [5, 5.41) is 7.22. The summed E-state index contributed by atoms with van der Waals surface area (Å²) in [6.07, 6.45) is 3.23. The second kappa shape index (κ2) is 9.70. The molecule has 0 fully saturated rings. The minimum Gasteiger partial charge on any atom is -0.463 e. The van der Waals surface area contributed by atoms with Crippen molar-refractivity contribution in [3.05, 3.63) is 96.3 Å². The highest BCUT2D eigenvalue weighted by atomic mass is 19.1. The molecule has 0 aliphatic heterocycles. The molecule has 0 aliphatic carbocycles. The summed E-state index contributed by atoms with van der Waals surface area (Å²) in [7, 11) is 0. The van der Waals surface area contributed by atoms with E-state index in [1.165, 1.54) is 18.2 Å². The third-order valence-electron chi connectivity index (χ3n) is 4.55. The van der Waals surface area contributed by atoms with Gasteiger partial charge >= 0.3 is 6.01 Å². The summed E-state index contributed by atoms with van der Waals surface area (Å²) in [5.74, 6) is -0.145. The van der Waals surface area contributed by atoms with Crippen molar-refractivity contribution in [2.75, 3.05) is 11.9 Å². The van der Waals surface area contributed by atoms with Gasteiger partial charge in [0.25, 0.3) is 0 Å². The van der Waals surface area contributed by atoms with E-state index in [9.17, 15) is 9.18 Å². The lowest BCUT2D eigenvalue weighted by molar-refractivity contribution is -0.111. The number of hydrogen-bond acceptors (Lipinski definition) is 4. The summed E-state index contributed by atoms with van der Waals surface area (Å²) in [6, 6.07) is 23.0. The highest BCUT2D eigenvalue weighted by Gasteiger charge is 2.15. The number of nitrogens with zero attached hydrogens (tertiary/aromatic N) is 3. The number of rotatable bonds is 7. The van der Waals surface area contributed by atoms with Crippen molar-refractivity contribution in [2.45, 2.75) is 6.92 Å². The zero-order valence-corrected chi connectivity index (χ0v) is 17.4. The van der Waals surface area contributed by atoms with Gasteiger partial charge in [0.05, 0.1) is 12.3 Å². The average Bonchev–Trinajstić information content (AvgIpc) is 3.23. The van der Waals surface area contributed by atoms with Gasteiger partial charge in [-0.3, -0.25) is 4.79 Å². The summed E-state index contributed by atoms with van der Waals surface area (Å²) >= 11 is 0. The van der Waals surface area contributed by atoms with Gasteiger partial charge in [-0.2, -0.15) is 4.98 Å². The van der Waals surface area contributed by atoms with Crippen LogP contribution in [0.25, 0.3) is 23.2 Å². The second-order valence-electron chi connectivity index (χ2n) is 6.85. The zero-order valence-electron chi connectivity index (χ0n) is 17.4. The van der Waals surface area contributed by atoms with Crippen molar-refractivity contribution in [1.29, 1.82) is 0 Å². The number of amides is 1. The fourth-order valence-electron chi connectivity index (χ4n) is 3.08. The number of nitrogens with one attached hydrogen (secondary N) is 1. The SMILES string of the molecule is CCOc1nc(-c2cccc(F)c2)n(-c2ccc(NC(=O)/C=C/c3ccccc3)cc2)n1. The molecule has 160 valence electrons. The monoisotopic (exact) mass is 428 g/mol. The Morgan fingerprint density at radius 3 is 2.56 bits per heavy atom. The number of carbonyl (C=O) groups is 1. The van der Waals surface area contributed by atoms with Crippen molar-refractivity contribution in [3.8, 4) is 23.1 Å². The highest BCUT2D eigenvalue weighted by molar-refractivity contribution is 6.01. The van der Waals surface area contributed by atoms with E-state index < -0.39 is 0 Å². The molecule has 1 amide bonds. The number of hydrogen-bond donors (Lipinski definition) is 1. The molecule has 0 radical (unpaired) electrons. The summed E-state index contributed by atoms with van der Waals surface area (Å²) in [5.41, 5.74) is 2.85. The maximum absolute atomic E-state index is 13.8. The number of halogens is 1. The van der Waals surface area contributed by atoms with E-state index in [-0.39, 0.29) is 17.7 Å². The van der Waals surface area contributed by atoms with Crippen molar-refractivity contribution in [3.63, 3.8) is 0 Å². The lowest BCUT2D eigenvalue weighted by atomic mass is 10.2. The largest absolute Gasteiger partial charge is 0.463 e. The van der Waals surface area contributed by atoms with Gasteiger partial charge in [0.1, 0.15) is 5.82 Å². The van der Waals surface area contributed by atoms with Gasteiger partial charge in [-0.1, -0.05) is 42.5 Å². The van der Waals surface area contributed by atoms with E-state index in [0.29, 0.717) is 29.4 Å². The van der Waals surface area contributed by atoms with Crippen LogP contribution in [0.4, 0.5) is 10.1 Å². The molecule has 1 aromatic heterocycles. The molecule has 0 bridgehead atoms. The predicted molar refractivity (Wildman–Crippen MR) is 122 cm³/mol. The Balaban J connectivity index is 1.55. The topological polar surface area (TPSA) is 69.0 Å². The Bertz CT molecular complexity index is 1230. The first-order valence-corrected chi connectivity index (χ1v) is 10.1. The number of ether oxygens (including phenoxy) is 1. The Morgan fingerprint density at radius 2 is 1.84 bits per heavy atom. The van der Waals surface area contributed by atoms with Gasteiger partial charge in [0.2, 0.25) is 5.91 Å². The van der Waals surface area contributed by atoms with Crippen LogP contribution in [0, 0.1) is 5.82 Å². The van der Waals surface area contributed by atoms with Crippen molar-refractivity contribution in [1.82, 2.24) is 14.8 Å². The molecular weight excluding hydrogens is 407 g/mol. The van der Waals surface area contributed by atoms with Crippen molar-refractivity contribution < 1.29 is 13.9 Å². The molecule has 0 atom stereocenters. The van der Waals surface area contributed by atoms with Gasteiger partial charge in [0.15, 0.2) is 5.82 Å². The third kappa shape index (κ3) is 5.07. The summed E-state index contributed by atoms with van der Waals surface area (Å²) in [4.78, 5) is 16.6. The Labute approximate surface area is 185 Å². The molecule has 0 spiro atoms. The molecule has 4 aromatic rings.